The van der Waals surface area contributed by atoms with Crippen LogP contribution in [0.2, 0.25) is 10.0 Å². The zero-order valence-electron chi connectivity index (χ0n) is 10.5. The van der Waals surface area contributed by atoms with Crippen molar-refractivity contribution in [3.05, 3.63) is 46.4 Å². The minimum atomic E-state index is -1.09. The number of carbonyl (C=O) groups is 1. The molecule has 21 heavy (non-hydrogen) atoms. The predicted molar refractivity (Wildman–Crippen MR) is 81.8 cm³/mol. The van der Waals surface area contributed by atoms with Gasteiger partial charge in [-0.15, -0.1) is 0 Å². The van der Waals surface area contributed by atoms with Crippen molar-refractivity contribution in [1.82, 2.24) is 0 Å². The molecule has 0 saturated heterocycles. The highest BCUT2D eigenvalue weighted by atomic mass is 35.5. The summed E-state index contributed by atoms with van der Waals surface area (Å²) in [7, 11) is 0. The third-order valence-corrected chi connectivity index (χ3v) is 4.47. The normalized spacial score (nSPS) is 10.4. The van der Waals surface area contributed by atoms with E-state index in [0.717, 1.165) is 4.90 Å². The van der Waals surface area contributed by atoms with Crippen LogP contribution in [0.4, 0.5) is 0 Å². The van der Waals surface area contributed by atoms with Crippen molar-refractivity contribution in [2.24, 2.45) is 0 Å². The van der Waals surface area contributed by atoms with Crippen LogP contribution in [-0.4, -0.2) is 22.8 Å². The van der Waals surface area contributed by atoms with Crippen molar-refractivity contribution in [1.29, 1.82) is 0 Å². The molecule has 2 aromatic rings. The first-order chi connectivity index (χ1) is 9.97. The van der Waals surface area contributed by atoms with Crippen LogP contribution in [0.25, 0.3) is 0 Å². The zero-order valence-corrected chi connectivity index (χ0v) is 12.9. The molecule has 0 fully saturated rings. The maximum absolute atomic E-state index is 10.5. The van der Waals surface area contributed by atoms with Gasteiger partial charge in [-0.3, -0.25) is 0 Å². The summed E-state index contributed by atoms with van der Waals surface area (Å²) in [6.07, 6.45) is 0. The molecule has 0 spiro atoms. The van der Waals surface area contributed by atoms with Crippen LogP contribution in [0.15, 0.2) is 46.2 Å². The minimum Gasteiger partial charge on any atom is -0.508 e. The summed E-state index contributed by atoms with van der Waals surface area (Å²) in [5, 5.41) is 18.3. The number of hydrogen-bond donors (Lipinski definition) is 2. The molecule has 0 aliphatic rings. The second kappa shape index (κ2) is 6.93. The summed E-state index contributed by atoms with van der Waals surface area (Å²) in [6.45, 7) is -0.486. The van der Waals surface area contributed by atoms with E-state index in [1.54, 1.807) is 36.4 Å². The maximum Gasteiger partial charge on any atom is 0.341 e. The van der Waals surface area contributed by atoms with E-state index in [1.807, 2.05) is 0 Å². The molecule has 2 aromatic carbocycles. The molecule has 2 rings (SSSR count). The average Bonchev–Trinajstić information content (AvgIpc) is 2.45. The molecular formula is C14H10Cl2O4S. The Hall–Kier alpha value is -1.56. The van der Waals surface area contributed by atoms with Crippen molar-refractivity contribution in [3.8, 4) is 11.5 Å². The molecule has 110 valence electrons. The fourth-order valence-electron chi connectivity index (χ4n) is 1.48. The number of phenols is 1. The Morgan fingerprint density at radius 1 is 1.10 bits per heavy atom. The number of phenolic OH excluding ortho intramolecular Hbond substituents is 1. The second-order valence-corrected chi connectivity index (χ2v) is 5.84. The smallest absolute Gasteiger partial charge is 0.341 e. The van der Waals surface area contributed by atoms with Crippen LogP contribution in [0.3, 0.4) is 0 Å². The molecule has 0 atom stereocenters. The van der Waals surface area contributed by atoms with Gasteiger partial charge in [-0.1, -0.05) is 35.0 Å². The molecule has 4 nitrogen and oxygen atoms in total. The van der Waals surface area contributed by atoms with E-state index in [0.29, 0.717) is 4.90 Å². The monoisotopic (exact) mass is 344 g/mol. The van der Waals surface area contributed by atoms with Gasteiger partial charge in [0.05, 0.1) is 5.02 Å². The maximum atomic E-state index is 10.5. The van der Waals surface area contributed by atoms with E-state index in [-0.39, 0.29) is 21.5 Å². The summed E-state index contributed by atoms with van der Waals surface area (Å²) in [5.41, 5.74) is 0. The van der Waals surface area contributed by atoms with Gasteiger partial charge in [-0.2, -0.15) is 0 Å². The lowest BCUT2D eigenvalue weighted by Crippen LogP contribution is -2.09. The molecule has 0 heterocycles. The van der Waals surface area contributed by atoms with E-state index in [4.69, 9.17) is 33.0 Å². The molecule has 0 aliphatic carbocycles. The Morgan fingerprint density at radius 2 is 1.76 bits per heavy atom. The van der Waals surface area contributed by atoms with Crippen LogP contribution < -0.4 is 4.74 Å². The van der Waals surface area contributed by atoms with Gasteiger partial charge < -0.3 is 14.9 Å². The van der Waals surface area contributed by atoms with Crippen LogP contribution in [0, 0.1) is 0 Å². The first-order valence-electron chi connectivity index (χ1n) is 5.77. The van der Waals surface area contributed by atoms with Crippen molar-refractivity contribution < 1.29 is 19.7 Å². The Kier molecular flexibility index (Phi) is 5.22. The Morgan fingerprint density at radius 3 is 2.38 bits per heavy atom. The summed E-state index contributed by atoms with van der Waals surface area (Å²) in [6, 6.07) is 9.91. The number of carboxylic acids is 1. The Balaban J connectivity index is 2.19. The summed E-state index contributed by atoms with van der Waals surface area (Å²) >= 11 is 13.6. The molecular weight excluding hydrogens is 335 g/mol. The quantitative estimate of drug-likeness (QED) is 0.845. The molecule has 0 aromatic heterocycles. The zero-order chi connectivity index (χ0) is 15.4. The van der Waals surface area contributed by atoms with Gasteiger partial charge in [0.2, 0.25) is 0 Å². The van der Waals surface area contributed by atoms with Crippen molar-refractivity contribution in [2.45, 2.75) is 9.79 Å². The van der Waals surface area contributed by atoms with Crippen LogP contribution in [0.1, 0.15) is 0 Å². The summed E-state index contributed by atoms with van der Waals surface area (Å²) in [4.78, 5) is 12.1. The molecule has 0 bridgehead atoms. The highest BCUT2D eigenvalue weighted by Gasteiger charge is 2.13. The van der Waals surface area contributed by atoms with E-state index in [2.05, 4.69) is 0 Å². The lowest BCUT2D eigenvalue weighted by molar-refractivity contribution is -0.139. The largest absolute Gasteiger partial charge is 0.508 e. The fraction of sp³-hybridized carbons (Fsp3) is 0.0714. The number of carboxylic acid groups (broad SMARTS) is 1. The molecule has 7 heteroatoms. The molecule has 0 amide bonds. The third-order valence-electron chi connectivity index (χ3n) is 2.43. The predicted octanol–water partition coefficient (Wildman–Crippen LogP) is 4.31. The van der Waals surface area contributed by atoms with Crippen LogP contribution in [0.5, 0.6) is 11.5 Å². The van der Waals surface area contributed by atoms with Crippen molar-refractivity contribution in [2.75, 3.05) is 6.61 Å². The Labute approximate surface area is 135 Å². The van der Waals surface area contributed by atoms with Crippen molar-refractivity contribution in [3.63, 3.8) is 0 Å². The topological polar surface area (TPSA) is 66.8 Å². The number of aromatic hydroxyl groups is 1. The van der Waals surface area contributed by atoms with Gasteiger partial charge in [0.15, 0.2) is 6.61 Å². The van der Waals surface area contributed by atoms with E-state index in [9.17, 15) is 9.90 Å². The molecule has 0 unspecified atom stereocenters. The number of hydrogen-bond acceptors (Lipinski definition) is 4. The summed E-state index contributed by atoms with van der Waals surface area (Å²) < 4.78 is 5.04. The molecule has 0 saturated carbocycles. The van der Waals surface area contributed by atoms with E-state index in [1.165, 1.54) is 11.8 Å². The summed E-state index contributed by atoms with van der Waals surface area (Å²) in [5.74, 6) is -0.690. The number of rotatable bonds is 5. The molecule has 0 aliphatic heterocycles. The van der Waals surface area contributed by atoms with Gasteiger partial charge in [0.1, 0.15) is 16.5 Å². The number of halogens is 2. The standard InChI is InChI=1S/C14H10Cl2O4S/c15-13-10(20-7-12(18)19)5-6-11(14(13)16)21-9-3-1-8(17)2-4-9/h1-6,17H,7H2,(H,18,19). The SMILES string of the molecule is O=C(O)COc1ccc(Sc2ccc(O)cc2)c(Cl)c1Cl. The van der Waals surface area contributed by atoms with Gasteiger partial charge in [-0.05, 0) is 36.4 Å². The van der Waals surface area contributed by atoms with Gasteiger partial charge in [-0.25, -0.2) is 4.79 Å². The van der Waals surface area contributed by atoms with Gasteiger partial charge in [0.25, 0.3) is 0 Å². The lowest BCUT2D eigenvalue weighted by atomic mass is 10.3. The highest BCUT2D eigenvalue weighted by molar-refractivity contribution is 7.99. The molecule has 0 radical (unpaired) electrons. The van der Waals surface area contributed by atoms with Crippen LogP contribution >= 0.6 is 35.0 Å². The van der Waals surface area contributed by atoms with Crippen molar-refractivity contribution >= 4 is 40.9 Å². The number of aliphatic carboxylic acids is 1. The van der Waals surface area contributed by atoms with E-state index < -0.39 is 12.6 Å². The van der Waals surface area contributed by atoms with E-state index >= 15 is 0 Å². The average molecular weight is 345 g/mol. The third kappa shape index (κ3) is 4.20. The van der Waals surface area contributed by atoms with Gasteiger partial charge in [0, 0.05) is 9.79 Å². The molecule has 2 N–H and O–H groups in total. The fourth-order valence-corrected chi connectivity index (χ4v) is 2.89. The Bertz CT molecular complexity index is 659. The first kappa shape index (κ1) is 15.8. The number of benzene rings is 2. The minimum absolute atomic E-state index is 0.168. The van der Waals surface area contributed by atoms with Crippen LogP contribution in [-0.2, 0) is 4.79 Å². The highest BCUT2D eigenvalue weighted by Crippen LogP contribution is 2.41. The second-order valence-electron chi connectivity index (χ2n) is 3.97. The first-order valence-corrected chi connectivity index (χ1v) is 7.34. The van der Waals surface area contributed by atoms with Gasteiger partial charge >= 0.3 is 5.97 Å². The lowest BCUT2D eigenvalue weighted by Gasteiger charge is -2.10. The number of ether oxygens (including phenoxy) is 1.